The second-order valence-electron chi connectivity index (χ2n) is 9.25. The maximum Gasteiger partial charge on any atom is 0.219 e. The Kier molecular flexibility index (Phi) is 6.41. The molecular formula is C27H25ClN6O2S. The summed E-state index contributed by atoms with van der Waals surface area (Å²) >= 11 is 7.89. The lowest BCUT2D eigenvalue weighted by molar-refractivity contribution is 0.0807. The second-order valence-corrected chi connectivity index (χ2v) is 10.7. The van der Waals surface area contributed by atoms with Gasteiger partial charge in [-0.2, -0.15) is 0 Å². The number of thiophene rings is 1. The Morgan fingerprint density at radius 2 is 1.84 bits per heavy atom. The van der Waals surface area contributed by atoms with Crippen molar-refractivity contribution in [1.29, 1.82) is 0 Å². The number of nitrogens with zero attached hydrogens (tertiary/aromatic N) is 6. The lowest BCUT2D eigenvalue weighted by Gasteiger charge is -2.16. The van der Waals surface area contributed by atoms with Crippen LogP contribution in [0.25, 0.3) is 5.00 Å². The van der Waals surface area contributed by atoms with Crippen molar-refractivity contribution in [2.24, 2.45) is 10.9 Å². The number of hydrogen-bond acceptors (Lipinski definition) is 8. The predicted octanol–water partition coefficient (Wildman–Crippen LogP) is 5.20. The average Bonchev–Trinajstić information content (AvgIpc) is 3.55. The van der Waals surface area contributed by atoms with Gasteiger partial charge in [0, 0.05) is 42.2 Å². The van der Waals surface area contributed by atoms with Crippen molar-refractivity contribution >= 4 is 28.6 Å². The van der Waals surface area contributed by atoms with Crippen LogP contribution in [-0.4, -0.2) is 43.9 Å². The van der Waals surface area contributed by atoms with Crippen molar-refractivity contribution in [3.05, 3.63) is 74.3 Å². The molecule has 5 heterocycles. The quantitative estimate of drug-likeness (QED) is 0.337. The van der Waals surface area contributed by atoms with E-state index in [0.29, 0.717) is 29.1 Å². The Hall–Kier alpha value is -3.32. The van der Waals surface area contributed by atoms with Crippen LogP contribution in [-0.2, 0) is 11.2 Å². The van der Waals surface area contributed by atoms with Crippen LogP contribution in [0.4, 0.5) is 0 Å². The van der Waals surface area contributed by atoms with Gasteiger partial charge < -0.3 is 9.15 Å². The van der Waals surface area contributed by atoms with Gasteiger partial charge in [0.05, 0.1) is 17.0 Å². The molecule has 3 aromatic heterocycles. The highest BCUT2D eigenvalue weighted by atomic mass is 35.5. The molecule has 0 radical (unpaired) electrons. The summed E-state index contributed by atoms with van der Waals surface area (Å²) in [6, 6.07) is 7.42. The second kappa shape index (κ2) is 9.86. The van der Waals surface area contributed by atoms with E-state index >= 15 is 0 Å². The molecule has 6 rings (SSSR count). The molecule has 0 spiro atoms. The number of benzene rings is 1. The molecule has 4 aromatic rings. The molecule has 2 aliphatic rings. The van der Waals surface area contributed by atoms with Crippen molar-refractivity contribution < 1.29 is 9.15 Å². The third-order valence-corrected chi connectivity index (χ3v) is 8.11. The zero-order valence-electron chi connectivity index (χ0n) is 20.8. The minimum absolute atomic E-state index is 0.355. The van der Waals surface area contributed by atoms with Gasteiger partial charge in [-0.25, -0.2) is 0 Å². The standard InChI is InChI=1S/C27H25ClN6O2S/c1-15-22(9-4-18-10-12-35-13-11-18)37-27-24(15)25(19-5-7-20(28)8-6-19)29-21(14-23-32-31-17(3)36-23)26-33-30-16(2)34(26)27/h5-8,18,21H,10-14H2,1-3H3/t21-/m0/s1. The van der Waals surface area contributed by atoms with E-state index in [4.69, 9.17) is 25.7 Å². The van der Waals surface area contributed by atoms with Gasteiger partial charge in [0.1, 0.15) is 16.9 Å². The number of hydrogen-bond donors (Lipinski definition) is 0. The maximum atomic E-state index is 6.23. The summed E-state index contributed by atoms with van der Waals surface area (Å²) < 4.78 is 13.3. The fourth-order valence-corrected chi connectivity index (χ4v) is 6.09. The van der Waals surface area contributed by atoms with E-state index in [0.717, 1.165) is 70.0 Å². The van der Waals surface area contributed by atoms with Crippen LogP contribution in [0.15, 0.2) is 33.7 Å². The molecule has 37 heavy (non-hydrogen) atoms. The summed E-state index contributed by atoms with van der Waals surface area (Å²) in [5.74, 6) is 9.90. The number of aromatic nitrogens is 5. The van der Waals surface area contributed by atoms with E-state index in [1.807, 2.05) is 31.2 Å². The third kappa shape index (κ3) is 4.61. The third-order valence-electron chi connectivity index (χ3n) is 6.67. The van der Waals surface area contributed by atoms with Crippen LogP contribution < -0.4 is 0 Å². The van der Waals surface area contributed by atoms with Crippen molar-refractivity contribution in [2.45, 2.75) is 46.1 Å². The van der Waals surface area contributed by atoms with Crippen LogP contribution in [0.5, 0.6) is 0 Å². The monoisotopic (exact) mass is 532 g/mol. The van der Waals surface area contributed by atoms with Crippen LogP contribution in [0.1, 0.15) is 63.9 Å². The van der Waals surface area contributed by atoms with E-state index < -0.39 is 0 Å². The zero-order chi connectivity index (χ0) is 25.5. The lowest BCUT2D eigenvalue weighted by Crippen LogP contribution is -2.13. The van der Waals surface area contributed by atoms with Gasteiger partial charge >= 0.3 is 0 Å². The van der Waals surface area contributed by atoms with Gasteiger partial charge in [-0.05, 0) is 44.4 Å². The molecule has 8 nitrogen and oxygen atoms in total. The first kappa shape index (κ1) is 24.0. The van der Waals surface area contributed by atoms with Crippen molar-refractivity contribution in [2.75, 3.05) is 13.2 Å². The number of halogens is 1. The minimum Gasteiger partial charge on any atom is -0.426 e. The molecule has 1 aromatic carbocycles. The van der Waals surface area contributed by atoms with Gasteiger partial charge in [-0.15, -0.1) is 31.7 Å². The largest absolute Gasteiger partial charge is 0.426 e. The van der Waals surface area contributed by atoms with Crippen molar-refractivity contribution in [1.82, 2.24) is 25.0 Å². The number of aliphatic imine (C=N–C) groups is 1. The number of fused-ring (bicyclic) bond motifs is 3. The highest BCUT2D eigenvalue weighted by Gasteiger charge is 2.32. The smallest absolute Gasteiger partial charge is 0.219 e. The van der Waals surface area contributed by atoms with E-state index in [9.17, 15) is 0 Å². The Morgan fingerprint density at radius 1 is 1.05 bits per heavy atom. The van der Waals surface area contributed by atoms with Gasteiger partial charge in [-0.3, -0.25) is 9.56 Å². The van der Waals surface area contributed by atoms with Crippen molar-refractivity contribution in [3.8, 4) is 16.8 Å². The van der Waals surface area contributed by atoms with Gasteiger partial charge in [0.25, 0.3) is 0 Å². The van der Waals surface area contributed by atoms with Crippen LogP contribution >= 0.6 is 22.9 Å². The van der Waals surface area contributed by atoms with E-state index in [1.165, 1.54) is 0 Å². The Morgan fingerprint density at radius 3 is 2.57 bits per heavy atom. The molecule has 1 fully saturated rings. The van der Waals surface area contributed by atoms with E-state index in [-0.39, 0.29) is 6.04 Å². The summed E-state index contributed by atoms with van der Waals surface area (Å²) in [6.07, 6.45) is 2.36. The Balaban J connectivity index is 1.53. The summed E-state index contributed by atoms with van der Waals surface area (Å²) in [4.78, 5) is 6.30. The van der Waals surface area contributed by atoms with Gasteiger partial charge in [0.15, 0.2) is 5.82 Å². The van der Waals surface area contributed by atoms with Crippen LogP contribution in [0.3, 0.4) is 0 Å². The molecule has 1 saturated heterocycles. The highest BCUT2D eigenvalue weighted by molar-refractivity contribution is 7.15. The molecule has 0 unspecified atom stereocenters. The Labute approximate surface area is 223 Å². The van der Waals surface area contributed by atoms with Crippen LogP contribution in [0.2, 0.25) is 5.02 Å². The molecule has 2 aliphatic heterocycles. The summed E-state index contributed by atoms with van der Waals surface area (Å²) in [5.41, 5.74) is 3.97. The first-order valence-electron chi connectivity index (χ1n) is 12.3. The molecular weight excluding hydrogens is 508 g/mol. The molecule has 10 heteroatoms. The number of rotatable bonds is 3. The zero-order valence-corrected chi connectivity index (χ0v) is 22.4. The summed E-state index contributed by atoms with van der Waals surface area (Å²) in [6.45, 7) is 7.41. The highest BCUT2D eigenvalue weighted by Crippen LogP contribution is 2.39. The van der Waals surface area contributed by atoms with Crippen LogP contribution in [0, 0.1) is 38.5 Å². The van der Waals surface area contributed by atoms with Gasteiger partial charge in [-0.1, -0.05) is 35.6 Å². The molecule has 188 valence electrons. The molecule has 1 atom stereocenters. The van der Waals surface area contributed by atoms with E-state index in [1.54, 1.807) is 18.3 Å². The first-order chi connectivity index (χ1) is 18.0. The molecule has 0 aliphatic carbocycles. The fourth-order valence-electron chi connectivity index (χ4n) is 4.74. The average molecular weight is 533 g/mol. The molecule has 0 bridgehead atoms. The number of aryl methyl sites for hydroxylation is 2. The minimum atomic E-state index is -0.359. The molecule has 0 N–H and O–H groups in total. The van der Waals surface area contributed by atoms with Gasteiger partial charge in [0.2, 0.25) is 11.8 Å². The lowest BCUT2D eigenvalue weighted by atomic mass is 9.98. The first-order valence-corrected chi connectivity index (χ1v) is 13.5. The predicted molar refractivity (Wildman–Crippen MR) is 142 cm³/mol. The Bertz CT molecular complexity index is 1550. The van der Waals surface area contributed by atoms with Crippen molar-refractivity contribution in [3.63, 3.8) is 0 Å². The topological polar surface area (TPSA) is 91.2 Å². The maximum absolute atomic E-state index is 6.23. The normalized spacial score (nSPS) is 17.4. The number of ether oxygens (including phenoxy) is 1. The summed E-state index contributed by atoms with van der Waals surface area (Å²) in [5, 5.41) is 18.9. The summed E-state index contributed by atoms with van der Waals surface area (Å²) in [7, 11) is 0. The molecule has 0 saturated carbocycles. The van der Waals surface area contributed by atoms with E-state index in [2.05, 4.69) is 43.7 Å². The molecule has 0 amide bonds. The fraction of sp³-hybridized carbons (Fsp3) is 0.370. The SMILES string of the molecule is Cc1nnc(C[C@@H]2N=C(c3ccc(Cl)cc3)c3c(sc(C#CC4CCOCC4)c3C)-n3c(C)nnc32)o1.